The van der Waals surface area contributed by atoms with E-state index < -0.39 is 32.2 Å². The molecule has 133 heavy (non-hydrogen) atoms. The normalized spacial score (nSPS) is 20.2. The van der Waals surface area contributed by atoms with E-state index >= 15 is 0 Å². The predicted octanol–water partition coefficient (Wildman–Crippen LogP) is 17.2. The SMILES string of the molecule is O=C1CC(c2ccc(NC(=O)c3ncc(Cl)[nH]3)c(C3=CCC4(CCC4)CC3)c2)CC(=O)N1.[C-]#[N+]c1c[nH]c(C(=O)Nc2ccc(C3CN(C)S(=O)(=O)N(C)C3)cc2C2=CCCCC2)c1.[C-]#[N+]c1ccc(C(=O)Nc2ccc(C3CC(=O)N(CCO)C(=O)C3)cc2C2=CCC(C)(C)CC2)o1.[C-]#[N+]c1cnc(C(=O)Nc2ccc(C3CN(C)S(=O)(=O)N(C)C3)cc2C2=CCC3(CC2)CC3)[nH]1. The molecule has 8 amide bonds. The topological polar surface area (TPSA) is 401 Å². The number of nitrogens with zero attached hydrogens (tertiary/aromatic N) is 10. The third kappa shape index (κ3) is 22.0. The Morgan fingerprint density at radius 3 is 1.37 bits per heavy atom. The first-order valence-corrected chi connectivity index (χ1v) is 48.2. The molecule has 2 spiro atoms. The Labute approximate surface area is 778 Å². The van der Waals surface area contributed by atoms with Gasteiger partial charge in [-0.15, -0.1) is 0 Å². The van der Waals surface area contributed by atoms with E-state index in [-0.39, 0.29) is 132 Å². The van der Waals surface area contributed by atoms with E-state index in [1.165, 1.54) is 103 Å². The Bertz CT molecular complexity index is 6350. The second-order valence-corrected chi connectivity index (χ2v) is 41.8. The van der Waals surface area contributed by atoms with Crippen molar-refractivity contribution in [3.8, 4) is 0 Å². The van der Waals surface area contributed by atoms with Crippen molar-refractivity contribution in [2.24, 2.45) is 16.2 Å². The highest BCUT2D eigenvalue weighted by Crippen LogP contribution is 2.57. The molecule has 0 atom stereocenters. The first-order chi connectivity index (χ1) is 63.6. The number of halogens is 1. The van der Waals surface area contributed by atoms with Crippen LogP contribution in [0.1, 0.15) is 266 Å². The van der Waals surface area contributed by atoms with Gasteiger partial charge in [0.25, 0.3) is 44.0 Å². The zero-order valence-corrected chi connectivity index (χ0v) is 77.6. The summed E-state index contributed by atoms with van der Waals surface area (Å²) in [6.45, 7) is 27.0. The quantitative estimate of drug-likeness (QED) is 0.0285. The number of hydrogen-bond acceptors (Lipinski definition) is 16. The summed E-state index contributed by atoms with van der Waals surface area (Å²) in [4.78, 5) is 127. The van der Waals surface area contributed by atoms with Gasteiger partial charge in [0.2, 0.25) is 35.1 Å². The van der Waals surface area contributed by atoms with Crippen LogP contribution in [0.3, 0.4) is 0 Å². The molecule has 0 bridgehead atoms. The van der Waals surface area contributed by atoms with Crippen molar-refractivity contribution in [2.45, 2.75) is 179 Å². The maximum Gasteiger partial charge on any atom is 0.346 e. The standard InChI is InChI=1S/C27H29N3O5.C24H25ClN4O3.C24H28N6O3S.C23H27N5O3S/c1-27(2)10-8-17(9-11-27)20-14-18(19-15-24(32)30(12-13-31)25(33)16-19)4-5-21(20)29-26(34)22-6-7-23(28-3)35-22;25-19-13-26-22(28-19)23(32)27-18-3-2-15(16-11-20(30)29-21(31)12-16)10-17(18)14-4-8-24(9-5-14)6-1-7-24;1-25-21-13-26-22(28-21)23(31)27-20-5-4-17(18-14-29(2)34(32,33)30(3)15-18)12-19(20)16-6-8-24(9-7-16)10-11-24;1-24-19-12-22(25-13-19)23(29)26-21-10-9-17(11-20(21)16-7-5-4-6-8-16)18-14-27(2)32(30,31)28(3)15-18/h4-8,14,19,31H,9-13,15-16H2,1-2H3,(H,29,34);2-4,10,13,16H,1,5-9,11-12H2,(H,26,28)(H,27,32)(H,29,30,31);4-6,12-13,18H,7-11,14-15H2,2-3H3,(H,26,28)(H,27,31);7,9-13,18,25H,4-6,8,14-15H2,2-3H3,(H,26,29). The van der Waals surface area contributed by atoms with Crippen LogP contribution in [-0.4, -0.2) is 184 Å². The van der Waals surface area contributed by atoms with Crippen LogP contribution >= 0.6 is 11.6 Å². The number of β-amino-alcohol motifs (C(OH)–C–C–N with tert-alkyl or cyclic N) is 1. The minimum atomic E-state index is -3.41. The lowest BCUT2D eigenvalue weighted by atomic mass is 9.61. The number of carbonyl (C=O) groups excluding carboxylic acids is 8. The number of furan rings is 1. The van der Waals surface area contributed by atoms with Gasteiger partial charge in [-0.25, -0.2) is 14.8 Å². The molecule has 6 aliphatic carbocycles. The van der Waals surface area contributed by atoms with Crippen molar-refractivity contribution in [1.82, 2.24) is 52.4 Å². The number of aromatic amines is 3. The highest BCUT2D eigenvalue weighted by molar-refractivity contribution is 7.87. The van der Waals surface area contributed by atoms with Crippen molar-refractivity contribution >= 4 is 142 Å². The fourth-order valence-corrected chi connectivity index (χ4v) is 21.7. The summed E-state index contributed by atoms with van der Waals surface area (Å²) < 4.78 is 60.2. The van der Waals surface area contributed by atoms with E-state index in [0.29, 0.717) is 70.6 Å². The first kappa shape index (κ1) is 95.1. The Kier molecular flexibility index (Phi) is 28.7. The fraction of sp³-hybridized carbons (Fsp3) is 0.418. The molecule has 10 aliphatic rings. The van der Waals surface area contributed by atoms with Crippen LogP contribution in [0.25, 0.3) is 36.8 Å². The highest BCUT2D eigenvalue weighted by Gasteiger charge is 2.45. The van der Waals surface area contributed by atoms with Crippen molar-refractivity contribution in [3.63, 3.8) is 0 Å². The second kappa shape index (κ2) is 40.1. The smallest absolute Gasteiger partial charge is 0.346 e. The van der Waals surface area contributed by atoms with Crippen LogP contribution in [0.4, 0.5) is 40.1 Å². The van der Waals surface area contributed by atoms with Crippen LogP contribution in [-0.2, 0) is 39.6 Å². The Hall–Kier alpha value is -12.6. The number of aliphatic hydroxyl groups excluding tert-OH is 1. The summed E-state index contributed by atoms with van der Waals surface area (Å²) >= 11 is 5.87. The number of aliphatic hydroxyl groups is 1. The molecule has 18 rings (SSSR count). The number of likely N-dealkylation sites (N-methyl/N-ethyl adjacent to an activating group) is 4. The zero-order chi connectivity index (χ0) is 94.4. The van der Waals surface area contributed by atoms with Gasteiger partial charge >= 0.3 is 11.8 Å². The molecule has 9 N–H and O–H groups in total. The number of hydrogen-bond donors (Lipinski definition) is 9. The van der Waals surface area contributed by atoms with Crippen molar-refractivity contribution in [2.75, 3.05) is 88.8 Å². The lowest BCUT2D eigenvalue weighted by molar-refractivity contribution is -0.149. The number of amides is 8. The number of H-pyrrole nitrogens is 3. The number of likely N-dealkylation sites (tertiary alicyclic amines) is 1. The highest BCUT2D eigenvalue weighted by atomic mass is 35.5. The summed E-state index contributed by atoms with van der Waals surface area (Å²) in [5.41, 5.74) is 17.0. The van der Waals surface area contributed by atoms with Gasteiger partial charge in [-0.3, -0.25) is 53.6 Å². The number of anilines is 4. The number of carbonyl (C=O) groups is 8. The molecule has 0 unspecified atom stereocenters. The maximum absolute atomic E-state index is 12.8. The molecule has 6 fully saturated rings. The Balaban J connectivity index is 0.000000135. The van der Waals surface area contributed by atoms with E-state index in [2.05, 4.69) is 116 Å². The molecule has 4 aromatic carbocycles. The maximum atomic E-state index is 12.8. The summed E-state index contributed by atoms with van der Waals surface area (Å²) in [5.74, 6) is -2.40. The summed E-state index contributed by atoms with van der Waals surface area (Å²) in [5, 5.41) is 23.6. The van der Waals surface area contributed by atoms with E-state index in [4.69, 9.17) is 40.8 Å². The Morgan fingerprint density at radius 2 is 0.970 bits per heavy atom. The molecular formula is C98H109ClN18O14S2. The monoisotopic (exact) mass is 1860 g/mol. The van der Waals surface area contributed by atoms with E-state index in [0.717, 1.165) is 144 Å². The predicted molar refractivity (Wildman–Crippen MR) is 506 cm³/mol. The van der Waals surface area contributed by atoms with Crippen molar-refractivity contribution in [3.05, 3.63) is 241 Å². The summed E-state index contributed by atoms with van der Waals surface area (Å²) in [7, 11) is -0.386. The molecule has 2 saturated carbocycles. The van der Waals surface area contributed by atoms with Gasteiger partial charge in [0.05, 0.1) is 44.4 Å². The van der Waals surface area contributed by atoms with Gasteiger partial charge in [-0.1, -0.05) is 87.0 Å². The van der Waals surface area contributed by atoms with Crippen LogP contribution < -0.4 is 26.6 Å². The van der Waals surface area contributed by atoms with Gasteiger partial charge in [-0.05, 0) is 237 Å². The molecule has 8 heterocycles. The molecule has 4 saturated heterocycles. The third-order valence-electron chi connectivity index (χ3n) is 27.5. The largest absolute Gasteiger partial charge is 0.475 e. The van der Waals surface area contributed by atoms with E-state index in [1.807, 2.05) is 54.6 Å². The summed E-state index contributed by atoms with van der Waals surface area (Å²) in [6.07, 6.45) is 34.0. The minimum absolute atomic E-state index is 0.0191. The first-order valence-electron chi connectivity index (χ1n) is 45.0. The number of imide groups is 2. The molecule has 0 radical (unpaired) electrons. The van der Waals surface area contributed by atoms with Gasteiger partial charge in [0, 0.05) is 155 Å². The number of piperidine rings is 2. The zero-order valence-electron chi connectivity index (χ0n) is 75.2. The number of allylic oxidation sites excluding steroid dienone is 8. The Morgan fingerprint density at radius 1 is 0.511 bits per heavy atom. The van der Waals surface area contributed by atoms with Crippen LogP contribution in [0.2, 0.25) is 5.15 Å². The van der Waals surface area contributed by atoms with Crippen molar-refractivity contribution < 1.29 is 64.7 Å². The van der Waals surface area contributed by atoms with Gasteiger partial charge < -0.3 is 45.6 Å². The minimum Gasteiger partial charge on any atom is -0.475 e. The molecule has 8 aromatic rings. The molecule has 694 valence electrons. The van der Waals surface area contributed by atoms with E-state index in [1.54, 1.807) is 34.3 Å². The number of nitrogens with one attached hydrogen (secondary N) is 8. The van der Waals surface area contributed by atoms with Gasteiger partial charge in [0.1, 0.15) is 5.15 Å². The average molecular weight is 1860 g/mol. The lowest BCUT2D eigenvalue weighted by Crippen LogP contribution is -2.49. The van der Waals surface area contributed by atoms with Gasteiger partial charge in [0.15, 0.2) is 11.6 Å². The van der Waals surface area contributed by atoms with E-state index in [9.17, 15) is 55.2 Å². The number of imidazole rings is 2. The van der Waals surface area contributed by atoms with Crippen LogP contribution in [0, 0.1) is 36.0 Å². The average Bonchev–Trinajstić information content (AvgIpc) is 1.74. The van der Waals surface area contributed by atoms with Gasteiger partial charge in [-0.2, -0.15) is 38.9 Å². The fourth-order valence-electron chi connectivity index (χ4n) is 19.1. The molecular weight excluding hydrogens is 1750 g/mol. The molecule has 32 nitrogen and oxygen atoms in total. The molecule has 4 aliphatic heterocycles. The number of rotatable bonds is 18. The third-order valence-corrected chi connectivity index (χ3v) is 31.4. The number of aromatic nitrogens is 5. The molecule has 35 heteroatoms. The van der Waals surface area contributed by atoms with Crippen molar-refractivity contribution in [1.29, 1.82) is 0 Å². The second-order valence-electron chi connectivity index (χ2n) is 37.1. The summed E-state index contributed by atoms with van der Waals surface area (Å²) in [6, 6.07) is 27.8. The van der Waals surface area contributed by atoms with Crippen LogP contribution in [0.15, 0.2) is 138 Å². The lowest BCUT2D eigenvalue weighted by Gasteiger charge is -2.44. The molecule has 4 aromatic heterocycles. The van der Waals surface area contributed by atoms with Crippen LogP contribution in [0.5, 0.6) is 0 Å². The number of benzene rings is 4.